The third-order valence-electron chi connectivity index (χ3n) is 3.55. The molecule has 0 saturated carbocycles. The van der Waals surface area contributed by atoms with Gasteiger partial charge in [0.05, 0.1) is 6.04 Å². The fourth-order valence-electron chi connectivity index (χ4n) is 2.78. The molecule has 1 fully saturated rings. The summed E-state index contributed by atoms with van der Waals surface area (Å²) in [7, 11) is 0. The molecule has 1 saturated heterocycles. The molecular weight excluding hydrogens is 270 g/mol. The normalized spacial score (nSPS) is 21.5. The Labute approximate surface area is 124 Å². The second kappa shape index (κ2) is 5.85. The maximum absolute atomic E-state index is 12.7. The van der Waals surface area contributed by atoms with Crippen LogP contribution in [0.5, 0.6) is 0 Å². The largest absolute Gasteiger partial charge is 0.434 e. The third kappa shape index (κ3) is 3.24. The molecule has 1 aliphatic rings. The lowest BCUT2D eigenvalue weighted by atomic mass is 9.99. The Morgan fingerprint density at radius 2 is 1.81 bits per heavy atom. The Morgan fingerprint density at radius 3 is 2.33 bits per heavy atom. The molecule has 5 nitrogen and oxygen atoms in total. The van der Waals surface area contributed by atoms with Gasteiger partial charge in [0, 0.05) is 18.9 Å². The first-order chi connectivity index (χ1) is 9.79. The molecule has 1 heterocycles. The van der Waals surface area contributed by atoms with E-state index < -0.39 is 12.3 Å². The van der Waals surface area contributed by atoms with Crippen LogP contribution in [0.2, 0.25) is 0 Å². The van der Waals surface area contributed by atoms with Gasteiger partial charge >= 0.3 is 5.97 Å². The Hall–Kier alpha value is -1.88. The third-order valence-corrected chi connectivity index (χ3v) is 3.55. The molecule has 2 rings (SSSR count). The van der Waals surface area contributed by atoms with Gasteiger partial charge in [-0.25, -0.2) is 9.90 Å². The summed E-state index contributed by atoms with van der Waals surface area (Å²) >= 11 is 0. The van der Waals surface area contributed by atoms with Crippen molar-refractivity contribution in [2.75, 3.05) is 0 Å². The van der Waals surface area contributed by atoms with Gasteiger partial charge in [0.2, 0.25) is 6.29 Å². The van der Waals surface area contributed by atoms with Gasteiger partial charge in [-0.3, -0.25) is 9.59 Å². The lowest BCUT2D eigenvalue weighted by Crippen LogP contribution is -2.34. The average molecular weight is 291 g/mol. The summed E-state index contributed by atoms with van der Waals surface area (Å²) in [5.41, 5.74) is 3.61. The summed E-state index contributed by atoms with van der Waals surface area (Å²) in [6.45, 7) is 9.03. The van der Waals surface area contributed by atoms with Crippen molar-refractivity contribution in [2.45, 2.75) is 53.4 Å². The van der Waals surface area contributed by atoms with Crippen molar-refractivity contribution in [2.24, 2.45) is 0 Å². The highest BCUT2D eigenvalue weighted by Gasteiger charge is 2.37. The Balaban J connectivity index is 2.23. The van der Waals surface area contributed by atoms with Gasteiger partial charge < -0.3 is 4.74 Å². The number of hydroxylamine groups is 2. The van der Waals surface area contributed by atoms with Crippen LogP contribution >= 0.6 is 0 Å². The van der Waals surface area contributed by atoms with Crippen molar-refractivity contribution >= 4 is 11.9 Å². The van der Waals surface area contributed by atoms with E-state index >= 15 is 0 Å². The van der Waals surface area contributed by atoms with E-state index in [1.165, 1.54) is 12.0 Å². The predicted octanol–water partition coefficient (Wildman–Crippen LogP) is 2.67. The van der Waals surface area contributed by atoms with Crippen LogP contribution in [0.3, 0.4) is 0 Å². The first-order valence-electron chi connectivity index (χ1n) is 7.05. The van der Waals surface area contributed by atoms with E-state index in [1.807, 2.05) is 39.8 Å². The zero-order valence-corrected chi connectivity index (χ0v) is 13.1. The SMILES string of the molecule is CC(=O)O[C@@H]1C[C@H](C)N(C(=O)c2c(C)cc(C)cc2C)O1. The Bertz CT molecular complexity index is 559. The van der Waals surface area contributed by atoms with E-state index in [0.717, 1.165) is 16.7 Å². The molecule has 21 heavy (non-hydrogen) atoms. The Morgan fingerprint density at radius 1 is 1.24 bits per heavy atom. The molecule has 0 N–H and O–H groups in total. The first kappa shape index (κ1) is 15.5. The number of amides is 1. The minimum atomic E-state index is -0.687. The molecule has 0 aliphatic carbocycles. The van der Waals surface area contributed by atoms with E-state index in [9.17, 15) is 9.59 Å². The number of hydrogen-bond acceptors (Lipinski definition) is 4. The number of aryl methyl sites for hydroxylation is 3. The topological polar surface area (TPSA) is 55.8 Å². The molecule has 5 heteroatoms. The number of carbonyl (C=O) groups is 2. The van der Waals surface area contributed by atoms with Crippen LogP contribution < -0.4 is 0 Å². The van der Waals surface area contributed by atoms with E-state index in [0.29, 0.717) is 12.0 Å². The van der Waals surface area contributed by atoms with Gasteiger partial charge in [-0.2, -0.15) is 0 Å². The van der Waals surface area contributed by atoms with Crippen molar-refractivity contribution in [3.63, 3.8) is 0 Å². The molecule has 114 valence electrons. The molecule has 0 aromatic heterocycles. The lowest BCUT2D eigenvalue weighted by Gasteiger charge is -2.21. The molecular formula is C16H21NO4. The van der Waals surface area contributed by atoms with Crippen LogP contribution in [0.4, 0.5) is 0 Å². The predicted molar refractivity (Wildman–Crippen MR) is 77.5 cm³/mol. The standard InChI is InChI=1S/C16H21NO4/c1-9-6-10(2)15(11(3)7-9)16(19)17-12(4)8-14(21-17)20-13(5)18/h6-7,12,14H,8H2,1-5H3/t12-,14-/m0/s1. The Kier molecular flexibility index (Phi) is 4.32. The molecule has 1 aromatic carbocycles. The summed E-state index contributed by atoms with van der Waals surface area (Å²) in [6, 6.07) is 3.82. The quantitative estimate of drug-likeness (QED) is 0.786. The number of rotatable bonds is 2. The van der Waals surface area contributed by atoms with Gasteiger partial charge in [-0.15, -0.1) is 0 Å². The van der Waals surface area contributed by atoms with Crippen molar-refractivity contribution in [3.05, 3.63) is 34.4 Å². The van der Waals surface area contributed by atoms with Gasteiger partial charge in [-0.1, -0.05) is 17.7 Å². The van der Waals surface area contributed by atoms with Crippen molar-refractivity contribution in [3.8, 4) is 0 Å². The zero-order chi connectivity index (χ0) is 15.7. The van der Waals surface area contributed by atoms with Crippen LogP contribution in [-0.2, 0) is 14.4 Å². The maximum atomic E-state index is 12.7. The molecule has 0 bridgehead atoms. The number of esters is 1. The summed E-state index contributed by atoms with van der Waals surface area (Å²) in [5.74, 6) is -0.601. The molecule has 1 amide bonds. The fourth-order valence-corrected chi connectivity index (χ4v) is 2.78. The van der Waals surface area contributed by atoms with Crippen molar-refractivity contribution in [1.29, 1.82) is 0 Å². The smallest absolute Gasteiger partial charge is 0.305 e. The van der Waals surface area contributed by atoms with E-state index in [1.54, 1.807) is 0 Å². The number of hydrogen-bond donors (Lipinski definition) is 0. The number of ether oxygens (including phenoxy) is 1. The molecule has 0 unspecified atom stereocenters. The lowest BCUT2D eigenvalue weighted by molar-refractivity contribution is -0.214. The van der Waals surface area contributed by atoms with Crippen molar-refractivity contribution < 1.29 is 19.2 Å². The van der Waals surface area contributed by atoms with Crippen LogP contribution in [0.25, 0.3) is 0 Å². The van der Waals surface area contributed by atoms with E-state index in [2.05, 4.69) is 0 Å². The van der Waals surface area contributed by atoms with Crippen LogP contribution in [0, 0.1) is 20.8 Å². The molecule has 0 spiro atoms. The maximum Gasteiger partial charge on any atom is 0.305 e. The second-order valence-electron chi connectivity index (χ2n) is 5.63. The number of nitrogens with zero attached hydrogens (tertiary/aromatic N) is 1. The fraction of sp³-hybridized carbons (Fsp3) is 0.500. The van der Waals surface area contributed by atoms with Gasteiger partial charge in [0.25, 0.3) is 5.91 Å². The number of carbonyl (C=O) groups excluding carboxylic acids is 2. The van der Waals surface area contributed by atoms with Gasteiger partial charge in [0.15, 0.2) is 0 Å². The van der Waals surface area contributed by atoms with E-state index in [4.69, 9.17) is 9.57 Å². The summed E-state index contributed by atoms with van der Waals surface area (Å²) < 4.78 is 5.02. The highest BCUT2D eigenvalue weighted by molar-refractivity contribution is 5.96. The van der Waals surface area contributed by atoms with Crippen LogP contribution in [0.1, 0.15) is 47.3 Å². The minimum absolute atomic E-state index is 0.137. The first-order valence-corrected chi connectivity index (χ1v) is 7.05. The van der Waals surface area contributed by atoms with Crippen molar-refractivity contribution in [1.82, 2.24) is 5.06 Å². The van der Waals surface area contributed by atoms with Crippen LogP contribution in [0.15, 0.2) is 12.1 Å². The number of benzene rings is 1. The summed E-state index contributed by atoms with van der Waals surface area (Å²) in [4.78, 5) is 29.2. The van der Waals surface area contributed by atoms with Gasteiger partial charge in [-0.05, 0) is 38.8 Å². The van der Waals surface area contributed by atoms with E-state index in [-0.39, 0.29) is 11.9 Å². The highest BCUT2D eigenvalue weighted by atomic mass is 16.8. The average Bonchev–Trinajstić information content (AvgIpc) is 2.67. The molecule has 0 radical (unpaired) electrons. The highest BCUT2D eigenvalue weighted by Crippen LogP contribution is 2.26. The monoisotopic (exact) mass is 291 g/mol. The molecule has 1 aliphatic heterocycles. The second-order valence-corrected chi connectivity index (χ2v) is 5.63. The molecule has 1 aromatic rings. The summed E-state index contributed by atoms with van der Waals surface area (Å²) in [5, 5.41) is 1.32. The van der Waals surface area contributed by atoms with Crippen LogP contribution in [-0.4, -0.2) is 29.3 Å². The molecule has 2 atom stereocenters. The van der Waals surface area contributed by atoms with Gasteiger partial charge in [0.1, 0.15) is 0 Å². The zero-order valence-electron chi connectivity index (χ0n) is 13.1. The summed E-state index contributed by atoms with van der Waals surface area (Å²) in [6.07, 6.45) is -0.206. The minimum Gasteiger partial charge on any atom is -0.434 e.